The fourth-order valence-corrected chi connectivity index (χ4v) is 4.02. The van der Waals surface area contributed by atoms with Crippen LogP contribution in [-0.4, -0.2) is 14.5 Å². The van der Waals surface area contributed by atoms with E-state index in [0.717, 1.165) is 33.5 Å². The van der Waals surface area contributed by atoms with Crippen LogP contribution in [0, 0.1) is 20.8 Å². The summed E-state index contributed by atoms with van der Waals surface area (Å²) in [5, 5.41) is 0. The summed E-state index contributed by atoms with van der Waals surface area (Å²) in [6.45, 7) is 6.45. The molecule has 0 aliphatic heterocycles. The molecule has 0 bridgehead atoms. The molecule has 132 valence electrons. The van der Waals surface area contributed by atoms with Crippen LogP contribution in [0.1, 0.15) is 16.7 Å². The molecule has 3 aromatic carbocycles. The smallest absolute Gasteiger partial charge is 0.182 e. The van der Waals surface area contributed by atoms with Crippen LogP contribution in [-0.2, 0) is 0 Å². The standard InChI is InChI=1S/C23H19N3O/c1-14-11-15(2)22(16(3)12-14)26-19-9-5-4-8-18(19)25-23(26)17-7-6-10-20-21(17)24-13-27-20/h4-13H,1-3H3. The van der Waals surface area contributed by atoms with Crippen molar-refractivity contribution in [1.29, 1.82) is 0 Å². The Bertz CT molecular complexity index is 1290. The van der Waals surface area contributed by atoms with Gasteiger partial charge in [0.2, 0.25) is 0 Å². The number of nitrogens with zero attached hydrogens (tertiary/aromatic N) is 3. The van der Waals surface area contributed by atoms with Gasteiger partial charge in [-0.1, -0.05) is 35.9 Å². The molecule has 5 rings (SSSR count). The van der Waals surface area contributed by atoms with Crippen LogP contribution in [0.3, 0.4) is 0 Å². The molecule has 2 heterocycles. The quantitative estimate of drug-likeness (QED) is 0.405. The highest BCUT2D eigenvalue weighted by Crippen LogP contribution is 2.34. The zero-order valence-electron chi connectivity index (χ0n) is 15.5. The second-order valence-electron chi connectivity index (χ2n) is 7.01. The Morgan fingerprint density at radius 2 is 1.67 bits per heavy atom. The molecule has 0 radical (unpaired) electrons. The van der Waals surface area contributed by atoms with Crippen molar-refractivity contribution in [1.82, 2.24) is 14.5 Å². The predicted octanol–water partition coefficient (Wildman–Crippen LogP) is 5.76. The van der Waals surface area contributed by atoms with E-state index in [-0.39, 0.29) is 0 Å². The van der Waals surface area contributed by atoms with E-state index < -0.39 is 0 Å². The van der Waals surface area contributed by atoms with Gasteiger partial charge in [0, 0.05) is 5.56 Å². The Morgan fingerprint density at radius 3 is 2.48 bits per heavy atom. The Kier molecular flexibility index (Phi) is 3.41. The van der Waals surface area contributed by atoms with Gasteiger partial charge < -0.3 is 4.42 Å². The van der Waals surface area contributed by atoms with Crippen molar-refractivity contribution in [2.75, 3.05) is 0 Å². The van der Waals surface area contributed by atoms with Gasteiger partial charge in [0.1, 0.15) is 11.3 Å². The monoisotopic (exact) mass is 353 g/mol. The van der Waals surface area contributed by atoms with Gasteiger partial charge in [-0.15, -0.1) is 0 Å². The molecule has 27 heavy (non-hydrogen) atoms. The minimum Gasteiger partial charge on any atom is -0.443 e. The van der Waals surface area contributed by atoms with Crippen molar-refractivity contribution in [3.8, 4) is 17.1 Å². The lowest BCUT2D eigenvalue weighted by Crippen LogP contribution is -2.03. The van der Waals surface area contributed by atoms with E-state index in [9.17, 15) is 0 Å². The Labute approximate surface area is 157 Å². The van der Waals surface area contributed by atoms with Crippen molar-refractivity contribution >= 4 is 22.1 Å². The SMILES string of the molecule is Cc1cc(C)c(-n2c(-c3cccc4ocnc34)nc3ccccc32)c(C)c1. The zero-order valence-corrected chi connectivity index (χ0v) is 15.5. The number of hydrogen-bond donors (Lipinski definition) is 0. The molecule has 0 saturated heterocycles. The Morgan fingerprint density at radius 1 is 0.889 bits per heavy atom. The van der Waals surface area contributed by atoms with Gasteiger partial charge in [-0.25, -0.2) is 9.97 Å². The summed E-state index contributed by atoms with van der Waals surface area (Å²) in [4.78, 5) is 9.41. The molecule has 4 nitrogen and oxygen atoms in total. The van der Waals surface area contributed by atoms with Crippen LogP contribution in [0.2, 0.25) is 0 Å². The first kappa shape index (κ1) is 15.8. The van der Waals surface area contributed by atoms with Crippen LogP contribution in [0.25, 0.3) is 39.2 Å². The van der Waals surface area contributed by atoms with E-state index in [1.807, 2.05) is 18.2 Å². The lowest BCUT2D eigenvalue weighted by Gasteiger charge is -2.16. The Hall–Kier alpha value is -3.40. The normalized spacial score (nSPS) is 11.5. The number of imidazole rings is 1. The second-order valence-corrected chi connectivity index (χ2v) is 7.01. The molecule has 0 N–H and O–H groups in total. The number of benzene rings is 3. The molecule has 0 saturated carbocycles. The van der Waals surface area contributed by atoms with Crippen molar-refractivity contribution in [3.05, 3.63) is 77.7 Å². The molecular formula is C23H19N3O. The van der Waals surface area contributed by atoms with Gasteiger partial charge in [0.05, 0.1) is 16.7 Å². The average molecular weight is 353 g/mol. The predicted molar refractivity (Wildman–Crippen MR) is 108 cm³/mol. The largest absolute Gasteiger partial charge is 0.443 e. The molecule has 0 aliphatic carbocycles. The first-order valence-corrected chi connectivity index (χ1v) is 9.02. The number of hydrogen-bond acceptors (Lipinski definition) is 3. The van der Waals surface area contributed by atoms with Gasteiger partial charge in [0.25, 0.3) is 0 Å². The van der Waals surface area contributed by atoms with Gasteiger partial charge in [-0.2, -0.15) is 0 Å². The maximum atomic E-state index is 5.51. The maximum Gasteiger partial charge on any atom is 0.182 e. The number of oxazole rings is 1. The Balaban J connectivity index is 1.93. The summed E-state index contributed by atoms with van der Waals surface area (Å²) in [5.41, 5.74) is 9.50. The summed E-state index contributed by atoms with van der Waals surface area (Å²) in [6.07, 6.45) is 1.49. The van der Waals surface area contributed by atoms with Crippen LogP contribution >= 0.6 is 0 Å². The minimum absolute atomic E-state index is 0.767. The second kappa shape index (κ2) is 5.81. The lowest BCUT2D eigenvalue weighted by molar-refractivity contribution is 0.602. The van der Waals surface area contributed by atoms with Crippen LogP contribution in [0.5, 0.6) is 0 Å². The third-order valence-corrected chi connectivity index (χ3v) is 5.02. The molecule has 0 atom stereocenters. The van der Waals surface area contributed by atoms with Crippen LogP contribution < -0.4 is 0 Å². The number of aromatic nitrogens is 3. The lowest BCUT2D eigenvalue weighted by atomic mass is 10.0. The first-order valence-electron chi connectivity index (χ1n) is 9.02. The summed E-state index contributed by atoms with van der Waals surface area (Å²) in [6, 6.07) is 18.7. The van der Waals surface area contributed by atoms with E-state index in [1.165, 1.54) is 28.8 Å². The molecule has 2 aromatic heterocycles. The van der Waals surface area contributed by atoms with Crippen molar-refractivity contribution in [3.63, 3.8) is 0 Å². The van der Waals surface area contributed by atoms with Gasteiger partial charge >= 0.3 is 0 Å². The minimum atomic E-state index is 0.767. The van der Waals surface area contributed by atoms with E-state index in [4.69, 9.17) is 9.40 Å². The molecule has 0 amide bonds. The fourth-order valence-electron chi connectivity index (χ4n) is 4.02. The van der Waals surface area contributed by atoms with Gasteiger partial charge in [-0.05, 0) is 56.2 Å². The summed E-state index contributed by atoms with van der Waals surface area (Å²) >= 11 is 0. The van der Waals surface area contributed by atoms with E-state index in [1.54, 1.807) is 0 Å². The topological polar surface area (TPSA) is 43.9 Å². The summed E-state index contributed by atoms with van der Waals surface area (Å²) in [5.74, 6) is 0.880. The highest BCUT2D eigenvalue weighted by atomic mass is 16.3. The maximum absolute atomic E-state index is 5.51. The number of rotatable bonds is 2. The molecule has 0 fully saturated rings. The highest BCUT2D eigenvalue weighted by Gasteiger charge is 2.20. The fraction of sp³-hybridized carbons (Fsp3) is 0.130. The summed E-state index contributed by atoms with van der Waals surface area (Å²) in [7, 11) is 0. The third-order valence-electron chi connectivity index (χ3n) is 5.02. The molecule has 0 spiro atoms. The van der Waals surface area contributed by atoms with Gasteiger partial charge in [0.15, 0.2) is 12.0 Å². The first-order chi connectivity index (χ1) is 13.1. The average Bonchev–Trinajstić information content (AvgIpc) is 3.26. The van der Waals surface area contributed by atoms with E-state index in [0.29, 0.717) is 0 Å². The molecule has 0 unspecified atom stereocenters. The molecule has 5 aromatic rings. The van der Waals surface area contributed by atoms with Crippen LogP contribution in [0.4, 0.5) is 0 Å². The zero-order chi connectivity index (χ0) is 18.5. The van der Waals surface area contributed by atoms with Crippen LogP contribution in [0.15, 0.2) is 65.4 Å². The molecule has 4 heteroatoms. The molecule has 0 aliphatic rings. The van der Waals surface area contributed by atoms with Crippen molar-refractivity contribution in [2.45, 2.75) is 20.8 Å². The third kappa shape index (κ3) is 2.37. The van der Waals surface area contributed by atoms with Crippen molar-refractivity contribution in [2.24, 2.45) is 0 Å². The van der Waals surface area contributed by atoms with Gasteiger partial charge in [-0.3, -0.25) is 4.57 Å². The summed E-state index contributed by atoms with van der Waals surface area (Å²) < 4.78 is 7.77. The van der Waals surface area contributed by atoms with Crippen molar-refractivity contribution < 1.29 is 4.42 Å². The number of aryl methyl sites for hydroxylation is 3. The van der Waals surface area contributed by atoms with E-state index in [2.05, 4.69) is 66.7 Å². The van der Waals surface area contributed by atoms with E-state index >= 15 is 0 Å². The molecular weight excluding hydrogens is 334 g/mol. The number of para-hydroxylation sites is 3. The highest BCUT2D eigenvalue weighted by molar-refractivity contribution is 5.93. The number of fused-ring (bicyclic) bond motifs is 2.